The van der Waals surface area contributed by atoms with Gasteiger partial charge in [0.05, 0.1) is 5.66 Å². The summed E-state index contributed by atoms with van der Waals surface area (Å²) in [5.74, 6) is -0.152. The predicted molar refractivity (Wildman–Crippen MR) is 61.5 cm³/mol. The van der Waals surface area contributed by atoms with Crippen molar-refractivity contribution in [3.8, 4) is 0 Å². The number of hydrogen-bond donors (Lipinski definition) is 1. The molecular weight excluding hydrogens is 203 g/mol. The van der Waals surface area contributed by atoms with Crippen molar-refractivity contribution in [3.05, 3.63) is 35.6 Å². The molecule has 16 heavy (non-hydrogen) atoms. The maximum Gasteiger partial charge on any atom is 0.123 e. The quantitative estimate of drug-likeness (QED) is 0.779. The van der Waals surface area contributed by atoms with Gasteiger partial charge < -0.3 is 0 Å². The van der Waals surface area contributed by atoms with Gasteiger partial charge in [0.25, 0.3) is 0 Å². The summed E-state index contributed by atoms with van der Waals surface area (Å²) in [4.78, 5) is 2.50. The summed E-state index contributed by atoms with van der Waals surface area (Å²) in [5, 5.41) is 3.63. The summed E-state index contributed by atoms with van der Waals surface area (Å²) in [5.41, 5.74) is 1.21. The Morgan fingerprint density at radius 2 is 1.88 bits per heavy atom. The van der Waals surface area contributed by atoms with Crippen LogP contribution in [0.3, 0.4) is 0 Å². The van der Waals surface area contributed by atoms with E-state index in [9.17, 15) is 4.39 Å². The number of halogens is 1. The van der Waals surface area contributed by atoms with Crippen LogP contribution >= 0.6 is 0 Å². The van der Waals surface area contributed by atoms with Crippen LogP contribution in [0.1, 0.15) is 24.8 Å². The Balaban J connectivity index is 1.98. The minimum Gasteiger partial charge on any atom is -0.295 e. The largest absolute Gasteiger partial charge is 0.295 e. The van der Waals surface area contributed by atoms with Gasteiger partial charge in [0, 0.05) is 13.1 Å². The van der Waals surface area contributed by atoms with Crippen molar-refractivity contribution in [1.82, 2.24) is 10.2 Å². The molecule has 0 saturated carbocycles. The van der Waals surface area contributed by atoms with Gasteiger partial charge in [-0.1, -0.05) is 12.1 Å². The van der Waals surface area contributed by atoms with Gasteiger partial charge >= 0.3 is 0 Å². The lowest BCUT2D eigenvalue weighted by atomic mass is 9.94. The van der Waals surface area contributed by atoms with Crippen LogP contribution in [0.5, 0.6) is 0 Å². The number of hydrogen-bond acceptors (Lipinski definition) is 2. The van der Waals surface area contributed by atoms with Crippen LogP contribution in [0, 0.1) is 5.82 Å². The molecule has 2 aliphatic rings. The van der Waals surface area contributed by atoms with E-state index in [1.807, 2.05) is 12.1 Å². The number of fused-ring (bicyclic) bond motifs is 1. The Bertz CT molecular complexity index is 376. The van der Waals surface area contributed by atoms with Gasteiger partial charge in [-0.2, -0.15) is 0 Å². The fourth-order valence-corrected chi connectivity index (χ4v) is 3.10. The van der Waals surface area contributed by atoms with Gasteiger partial charge in [-0.05, 0) is 43.5 Å². The lowest BCUT2D eigenvalue weighted by molar-refractivity contribution is 0.0656. The Labute approximate surface area is 95.4 Å². The minimum absolute atomic E-state index is 0.00799. The Morgan fingerprint density at radius 1 is 1.12 bits per heavy atom. The molecular formula is C13H17FN2. The van der Waals surface area contributed by atoms with E-state index in [-0.39, 0.29) is 11.5 Å². The first-order valence-electron chi connectivity index (χ1n) is 6.07. The average molecular weight is 220 g/mol. The van der Waals surface area contributed by atoms with Crippen molar-refractivity contribution >= 4 is 0 Å². The zero-order chi connectivity index (χ0) is 11.0. The second-order valence-electron chi connectivity index (χ2n) is 4.74. The van der Waals surface area contributed by atoms with E-state index in [0.717, 1.165) is 26.1 Å². The monoisotopic (exact) mass is 220 g/mol. The maximum absolute atomic E-state index is 13.0. The number of rotatable bonds is 1. The third-order valence-corrected chi connectivity index (χ3v) is 3.85. The van der Waals surface area contributed by atoms with Crippen molar-refractivity contribution in [2.45, 2.75) is 24.9 Å². The molecule has 0 spiro atoms. The summed E-state index contributed by atoms with van der Waals surface area (Å²) >= 11 is 0. The number of nitrogens with zero attached hydrogens (tertiary/aromatic N) is 1. The lowest BCUT2D eigenvalue weighted by Crippen LogP contribution is -2.56. The van der Waals surface area contributed by atoms with Crippen LogP contribution in [-0.4, -0.2) is 24.5 Å². The van der Waals surface area contributed by atoms with Crippen LogP contribution in [0.15, 0.2) is 24.3 Å². The van der Waals surface area contributed by atoms with E-state index in [4.69, 9.17) is 0 Å². The predicted octanol–water partition coefficient (Wildman–Crippen LogP) is 2.07. The van der Waals surface area contributed by atoms with Crippen LogP contribution in [0.2, 0.25) is 0 Å². The van der Waals surface area contributed by atoms with Crippen LogP contribution < -0.4 is 5.32 Å². The lowest BCUT2D eigenvalue weighted by Gasteiger charge is -2.43. The normalized spacial score (nSPS) is 30.3. The van der Waals surface area contributed by atoms with E-state index in [2.05, 4.69) is 10.2 Å². The minimum atomic E-state index is -0.152. The Hall–Kier alpha value is -0.930. The summed E-state index contributed by atoms with van der Waals surface area (Å²) in [6.07, 6.45) is 3.58. The molecule has 86 valence electrons. The molecule has 1 aromatic rings. The molecule has 2 saturated heterocycles. The Kier molecular flexibility index (Phi) is 2.45. The molecule has 0 aliphatic carbocycles. The molecule has 1 aromatic carbocycles. The van der Waals surface area contributed by atoms with E-state index >= 15 is 0 Å². The van der Waals surface area contributed by atoms with Crippen molar-refractivity contribution in [2.24, 2.45) is 0 Å². The van der Waals surface area contributed by atoms with Crippen LogP contribution in [-0.2, 0) is 5.66 Å². The SMILES string of the molecule is Fc1ccc(C23CCCN2CCCN3)cc1. The highest BCUT2D eigenvalue weighted by atomic mass is 19.1. The van der Waals surface area contributed by atoms with Gasteiger partial charge in [0.15, 0.2) is 0 Å². The molecule has 2 fully saturated rings. The van der Waals surface area contributed by atoms with Gasteiger partial charge in [-0.15, -0.1) is 0 Å². The smallest absolute Gasteiger partial charge is 0.123 e. The average Bonchev–Trinajstić information content (AvgIpc) is 2.74. The van der Waals surface area contributed by atoms with Gasteiger partial charge in [-0.3, -0.25) is 10.2 Å². The van der Waals surface area contributed by atoms with E-state index < -0.39 is 0 Å². The molecule has 0 bridgehead atoms. The van der Waals surface area contributed by atoms with Crippen molar-refractivity contribution < 1.29 is 4.39 Å². The van der Waals surface area contributed by atoms with E-state index in [1.165, 1.54) is 18.4 Å². The van der Waals surface area contributed by atoms with Crippen molar-refractivity contribution in [2.75, 3.05) is 19.6 Å². The number of benzene rings is 1. The van der Waals surface area contributed by atoms with E-state index in [1.54, 1.807) is 12.1 Å². The van der Waals surface area contributed by atoms with Crippen LogP contribution in [0.25, 0.3) is 0 Å². The molecule has 2 heterocycles. The molecule has 0 radical (unpaired) electrons. The molecule has 0 aromatic heterocycles. The third kappa shape index (κ3) is 1.46. The highest BCUT2D eigenvalue weighted by Crippen LogP contribution is 2.38. The second kappa shape index (κ2) is 3.82. The van der Waals surface area contributed by atoms with Gasteiger partial charge in [-0.25, -0.2) is 4.39 Å². The standard InChI is InChI=1S/C13H17FN2/c14-12-5-3-11(4-6-12)13-7-1-9-16(13)10-2-8-15-13/h3-6,15H,1-2,7-10H2. The molecule has 1 N–H and O–H groups in total. The molecule has 3 heteroatoms. The first-order valence-corrected chi connectivity index (χ1v) is 6.07. The fourth-order valence-electron chi connectivity index (χ4n) is 3.10. The second-order valence-corrected chi connectivity index (χ2v) is 4.74. The van der Waals surface area contributed by atoms with Crippen molar-refractivity contribution in [1.29, 1.82) is 0 Å². The molecule has 2 nitrogen and oxygen atoms in total. The summed E-state index contributed by atoms with van der Waals surface area (Å²) < 4.78 is 13.0. The molecule has 3 rings (SSSR count). The van der Waals surface area contributed by atoms with E-state index in [0.29, 0.717) is 0 Å². The topological polar surface area (TPSA) is 15.3 Å². The zero-order valence-electron chi connectivity index (χ0n) is 9.38. The highest BCUT2D eigenvalue weighted by molar-refractivity contribution is 5.26. The summed E-state index contributed by atoms with van der Waals surface area (Å²) in [6.45, 7) is 3.38. The first-order chi connectivity index (χ1) is 7.81. The fraction of sp³-hybridized carbons (Fsp3) is 0.538. The molecule has 2 aliphatic heterocycles. The summed E-state index contributed by atoms with van der Waals surface area (Å²) in [6, 6.07) is 6.98. The Morgan fingerprint density at radius 3 is 2.69 bits per heavy atom. The first kappa shape index (κ1) is 10.2. The molecule has 1 unspecified atom stereocenters. The van der Waals surface area contributed by atoms with Crippen molar-refractivity contribution in [3.63, 3.8) is 0 Å². The molecule has 1 atom stereocenters. The highest BCUT2D eigenvalue weighted by Gasteiger charge is 2.43. The van der Waals surface area contributed by atoms with Gasteiger partial charge in [0.2, 0.25) is 0 Å². The van der Waals surface area contributed by atoms with Gasteiger partial charge in [0.1, 0.15) is 5.82 Å². The molecule has 0 amide bonds. The zero-order valence-corrected chi connectivity index (χ0v) is 9.38. The van der Waals surface area contributed by atoms with Crippen LogP contribution in [0.4, 0.5) is 4.39 Å². The maximum atomic E-state index is 13.0. The number of nitrogens with one attached hydrogen (secondary N) is 1. The summed E-state index contributed by atoms with van der Waals surface area (Å²) in [7, 11) is 0. The third-order valence-electron chi connectivity index (χ3n) is 3.85.